The number of carbonyl (C=O) groups excluding carboxylic acids is 2. The summed E-state index contributed by atoms with van der Waals surface area (Å²) in [7, 11) is 0. The van der Waals surface area contributed by atoms with Gasteiger partial charge in [0.05, 0.1) is 28.5 Å². The van der Waals surface area contributed by atoms with Gasteiger partial charge in [-0.2, -0.15) is 0 Å². The number of thiophene rings is 1. The molecule has 3 N–H and O–H groups in total. The topological polar surface area (TPSA) is 107 Å². The summed E-state index contributed by atoms with van der Waals surface area (Å²) < 4.78 is 5.95. The SMILES string of the molecule is Cc1cc(Oc2ccccc2)ccc1N1C(=O)Nc2c(C(=O)N[C@@H]3CCCC3=N)sc3nccc1c23. The van der Waals surface area contributed by atoms with E-state index in [0.717, 1.165) is 29.5 Å². The van der Waals surface area contributed by atoms with E-state index in [2.05, 4.69) is 15.6 Å². The first kappa shape index (κ1) is 22.2. The van der Waals surface area contributed by atoms with Gasteiger partial charge in [0.2, 0.25) is 0 Å². The highest BCUT2D eigenvalue weighted by Crippen LogP contribution is 2.46. The van der Waals surface area contributed by atoms with E-state index < -0.39 is 0 Å². The van der Waals surface area contributed by atoms with Crippen LogP contribution < -0.4 is 20.3 Å². The zero-order chi connectivity index (χ0) is 24.8. The van der Waals surface area contributed by atoms with Gasteiger partial charge in [0.15, 0.2) is 0 Å². The van der Waals surface area contributed by atoms with Crippen molar-refractivity contribution in [2.24, 2.45) is 0 Å². The van der Waals surface area contributed by atoms with E-state index in [-0.39, 0.29) is 18.0 Å². The quantitative estimate of drug-likeness (QED) is 0.297. The van der Waals surface area contributed by atoms with Gasteiger partial charge < -0.3 is 20.8 Å². The number of para-hydroxylation sites is 1. The molecular weight excluding hydrogens is 474 g/mol. The lowest BCUT2D eigenvalue weighted by Crippen LogP contribution is -2.38. The van der Waals surface area contributed by atoms with Gasteiger partial charge in [-0.1, -0.05) is 18.2 Å². The summed E-state index contributed by atoms with van der Waals surface area (Å²) in [4.78, 5) is 33.7. The van der Waals surface area contributed by atoms with Crippen LogP contribution in [-0.2, 0) is 0 Å². The largest absolute Gasteiger partial charge is 0.457 e. The minimum Gasteiger partial charge on any atom is -0.457 e. The molecule has 180 valence electrons. The Morgan fingerprint density at radius 3 is 2.75 bits per heavy atom. The van der Waals surface area contributed by atoms with E-state index in [1.54, 1.807) is 17.2 Å². The number of amides is 3. The molecule has 1 aliphatic carbocycles. The summed E-state index contributed by atoms with van der Waals surface area (Å²) in [6.45, 7) is 1.93. The van der Waals surface area contributed by atoms with Crippen molar-refractivity contribution in [1.29, 1.82) is 5.41 Å². The number of benzene rings is 2. The summed E-state index contributed by atoms with van der Waals surface area (Å²) in [6, 6.07) is 16.3. The average molecular weight is 498 g/mol. The maximum Gasteiger partial charge on any atom is 0.331 e. The van der Waals surface area contributed by atoms with E-state index in [1.807, 2.05) is 55.5 Å². The predicted octanol–water partition coefficient (Wildman–Crippen LogP) is 6.38. The molecule has 3 amide bonds. The van der Waals surface area contributed by atoms with Gasteiger partial charge in [-0.05, 0) is 68.1 Å². The Balaban J connectivity index is 1.36. The number of aromatic nitrogens is 1. The fraction of sp³-hybridized carbons (Fsp3) is 0.185. The zero-order valence-corrected chi connectivity index (χ0v) is 20.3. The fourth-order valence-electron chi connectivity index (χ4n) is 4.78. The first-order valence-corrected chi connectivity index (χ1v) is 12.6. The lowest BCUT2D eigenvalue weighted by atomic mass is 10.1. The Morgan fingerprint density at radius 1 is 1.17 bits per heavy atom. The summed E-state index contributed by atoms with van der Waals surface area (Å²) >= 11 is 1.25. The highest BCUT2D eigenvalue weighted by Gasteiger charge is 2.34. The van der Waals surface area contributed by atoms with Gasteiger partial charge in [0.1, 0.15) is 21.2 Å². The number of pyridine rings is 1. The number of hydrogen-bond acceptors (Lipinski definition) is 6. The molecule has 0 spiro atoms. The molecule has 2 aromatic carbocycles. The van der Waals surface area contributed by atoms with Crippen molar-refractivity contribution in [2.75, 3.05) is 10.2 Å². The Hall–Kier alpha value is -4.24. The highest BCUT2D eigenvalue weighted by atomic mass is 32.1. The fourth-order valence-corrected chi connectivity index (χ4v) is 5.80. The molecule has 6 rings (SSSR count). The van der Waals surface area contributed by atoms with Crippen LogP contribution in [0.3, 0.4) is 0 Å². The predicted molar refractivity (Wildman–Crippen MR) is 141 cm³/mol. The summed E-state index contributed by atoms with van der Waals surface area (Å²) in [5, 5.41) is 14.7. The number of anilines is 3. The summed E-state index contributed by atoms with van der Waals surface area (Å²) in [6.07, 6.45) is 4.02. The highest BCUT2D eigenvalue weighted by molar-refractivity contribution is 7.21. The molecule has 1 saturated carbocycles. The number of aryl methyl sites for hydroxylation is 1. The van der Waals surface area contributed by atoms with Crippen molar-refractivity contribution in [3.05, 3.63) is 71.2 Å². The second-order valence-electron chi connectivity index (χ2n) is 8.89. The minimum absolute atomic E-state index is 0.252. The second-order valence-corrected chi connectivity index (χ2v) is 9.89. The third-order valence-corrected chi connectivity index (χ3v) is 7.60. The van der Waals surface area contributed by atoms with Crippen LogP contribution in [0.1, 0.15) is 34.5 Å². The van der Waals surface area contributed by atoms with Crippen molar-refractivity contribution >= 4 is 56.3 Å². The van der Waals surface area contributed by atoms with Crippen LogP contribution in [0.25, 0.3) is 10.2 Å². The van der Waals surface area contributed by atoms with Crippen LogP contribution in [-0.4, -0.2) is 28.7 Å². The van der Waals surface area contributed by atoms with Crippen molar-refractivity contribution in [3.8, 4) is 11.5 Å². The lowest BCUT2D eigenvalue weighted by Gasteiger charge is -2.29. The van der Waals surface area contributed by atoms with Crippen LogP contribution in [0.2, 0.25) is 0 Å². The number of hydrogen-bond donors (Lipinski definition) is 3. The molecule has 3 heterocycles. The van der Waals surface area contributed by atoms with Crippen molar-refractivity contribution in [1.82, 2.24) is 10.3 Å². The van der Waals surface area contributed by atoms with E-state index >= 15 is 0 Å². The first-order valence-electron chi connectivity index (χ1n) is 11.7. The van der Waals surface area contributed by atoms with Crippen LogP contribution in [0.4, 0.5) is 21.9 Å². The van der Waals surface area contributed by atoms with Crippen molar-refractivity contribution < 1.29 is 14.3 Å². The van der Waals surface area contributed by atoms with E-state index in [1.165, 1.54) is 11.3 Å². The molecule has 0 saturated heterocycles. The molecule has 0 bridgehead atoms. The molecule has 0 unspecified atom stereocenters. The monoisotopic (exact) mass is 497 g/mol. The summed E-state index contributed by atoms with van der Waals surface area (Å²) in [5.41, 5.74) is 3.26. The van der Waals surface area contributed by atoms with Gasteiger partial charge in [-0.25, -0.2) is 9.78 Å². The number of ether oxygens (including phenoxy) is 1. The van der Waals surface area contributed by atoms with Crippen LogP contribution in [0.15, 0.2) is 60.8 Å². The smallest absolute Gasteiger partial charge is 0.331 e. The number of carbonyl (C=O) groups is 2. The third kappa shape index (κ3) is 3.77. The zero-order valence-electron chi connectivity index (χ0n) is 19.5. The average Bonchev–Trinajstić information content (AvgIpc) is 3.45. The molecule has 36 heavy (non-hydrogen) atoms. The van der Waals surface area contributed by atoms with Crippen LogP contribution in [0.5, 0.6) is 11.5 Å². The molecule has 1 atom stereocenters. The van der Waals surface area contributed by atoms with Gasteiger partial charge in [0, 0.05) is 11.9 Å². The second kappa shape index (κ2) is 8.76. The molecule has 4 aromatic rings. The number of urea groups is 1. The Labute approximate surface area is 211 Å². The molecule has 9 heteroatoms. The maximum atomic E-state index is 13.4. The summed E-state index contributed by atoms with van der Waals surface area (Å²) in [5.74, 6) is 1.12. The molecule has 8 nitrogen and oxygen atoms in total. The minimum atomic E-state index is -0.351. The molecule has 1 aliphatic heterocycles. The molecule has 1 fully saturated rings. The lowest BCUT2D eigenvalue weighted by molar-refractivity contribution is 0.0951. The van der Waals surface area contributed by atoms with Gasteiger partial charge >= 0.3 is 6.03 Å². The first-order chi connectivity index (χ1) is 17.5. The van der Waals surface area contributed by atoms with E-state index in [4.69, 9.17) is 10.1 Å². The Bertz CT molecular complexity index is 1530. The van der Waals surface area contributed by atoms with E-state index in [0.29, 0.717) is 44.7 Å². The molecular formula is C27H23N5O3S. The van der Waals surface area contributed by atoms with Crippen LogP contribution >= 0.6 is 11.3 Å². The van der Waals surface area contributed by atoms with Gasteiger partial charge in [0.25, 0.3) is 5.91 Å². The molecule has 0 radical (unpaired) electrons. The van der Waals surface area contributed by atoms with Crippen LogP contribution in [0, 0.1) is 12.3 Å². The van der Waals surface area contributed by atoms with E-state index in [9.17, 15) is 9.59 Å². The van der Waals surface area contributed by atoms with Crippen molar-refractivity contribution in [3.63, 3.8) is 0 Å². The number of rotatable bonds is 5. The molecule has 2 aromatic heterocycles. The third-order valence-electron chi connectivity index (χ3n) is 6.51. The number of nitrogens with one attached hydrogen (secondary N) is 3. The standard InChI is InChI=1S/C27H23N5O3S/c1-15-14-17(35-16-6-3-2-4-7-16)10-11-20(15)32-21-12-13-29-26-22(21)23(31-27(32)34)24(36-26)25(33)30-19-9-5-8-18(19)28/h2-4,6-7,10-14,19,28H,5,8-9H2,1H3,(H,30,33)(H,31,34)/t19-/m1/s1. The Morgan fingerprint density at radius 2 is 2.00 bits per heavy atom. The van der Waals surface area contributed by atoms with Crippen molar-refractivity contribution in [2.45, 2.75) is 32.2 Å². The maximum absolute atomic E-state index is 13.4. The van der Waals surface area contributed by atoms with Gasteiger partial charge in [-0.3, -0.25) is 9.69 Å². The Kier molecular flexibility index (Phi) is 5.41. The number of nitrogens with zero attached hydrogens (tertiary/aromatic N) is 2. The normalized spacial score (nSPS) is 16.8. The van der Waals surface area contributed by atoms with Gasteiger partial charge in [-0.15, -0.1) is 11.3 Å². The molecule has 2 aliphatic rings.